The molecular weight excluding hydrogens is 807 g/mol. The average Bonchev–Trinajstić information content (AvgIpc) is 3.95. The van der Waals surface area contributed by atoms with Gasteiger partial charge in [-0.2, -0.15) is 0 Å². The number of hydrogen-bond donors (Lipinski definition) is 0. The summed E-state index contributed by atoms with van der Waals surface area (Å²) < 4.78 is 9.29. The first kappa shape index (κ1) is 37.8. The molecule has 0 bridgehead atoms. The SMILES string of the molecule is C=CC1=C(C=C)C2(c3ccccc3O1)c1cc(N(c3ccc(-c4cccc5c4sc4ccccc45)cc3)c3ccc4c(c3)C(C)(C)c3ccccc3-4)ccc1-c1c2ccc2ccccc12. The lowest BCUT2D eigenvalue weighted by Crippen LogP contribution is -2.34. The molecule has 2 nitrogen and oxygen atoms in total. The molecule has 1 atom stereocenters. The van der Waals surface area contributed by atoms with E-state index in [1.165, 1.54) is 86.6 Å². The van der Waals surface area contributed by atoms with E-state index >= 15 is 0 Å². The predicted molar refractivity (Wildman–Crippen MR) is 274 cm³/mol. The van der Waals surface area contributed by atoms with E-state index in [-0.39, 0.29) is 5.41 Å². The molecule has 65 heavy (non-hydrogen) atoms. The van der Waals surface area contributed by atoms with E-state index in [1.54, 1.807) is 0 Å². The summed E-state index contributed by atoms with van der Waals surface area (Å²) in [4.78, 5) is 2.45. The maximum Gasteiger partial charge on any atom is 0.132 e. The molecule has 3 heteroatoms. The molecule has 0 fully saturated rings. The lowest BCUT2D eigenvalue weighted by atomic mass is 9.65. The lowest BCUT2D eigenvalue weighted by Gasteiger charge is -2.40. The van der Waals surface area contributed by atoms with E-state index in [1.807, 2.05) is 23.5 Å². The molecule has 0 N–H and O–H groups in total. The molecule has 10 aromatic rings. The van der Waals surface area contributed by atoms with E-state index in [4.69, 9.17) is 4.74 Å². The van der Waals surface area contributed by atoms with Crippen LogP contribution in [0.25, 0.3) is 64.3 Å². The van der Waals surface area contributed by atoms with Gasteiger partial charge in [-0.05, 0) is 121 Å². The maximum absolute atomic E-state index is 6.67. The Morgan fingerprint density at radius 3 is 1.95 bits per heavy atom. The Labute approximate surface area is 383 Å². The summed E-state index contributed by atoms with van der Waals surface area (Å²) in [6.45, 7) is 13.5. The number of benzene rings is 9. The Kier molecular flexibility index (Phi) is 8.08. The first-order chi connectivity index (χ1) is 31.9. The maximum atomic E-state index is 6.67. The smallest absolute Gasteiger partial charge is 0.132 e. The van der Waals surface area contributed by atoms with Crippen LogP contribution < -0.4 is 9.64 Å². The van der Waals surface area contributed by atoms with Crippen molar-refractivity contribution >= 4 is 59.3 Å². The zero-order valence-corrected chi connectivity index (χ0v) is 37.0. The number of fused-ring (bicyclic) bond motifs is 15. The topological polar surface area (TPSA) is 12.5 Å². The molecule has 9 aromatic carbocycles. The Morgan fingerprint density at radius 2 is 1.14 bits per heavy atom. The zero-order chi connectivity index (χ0) is 43.6. The van der Waals surface area contributed by atoms with E-state index in [0.717, 1.165) is 39.7 Å². The van der Waals surface area contributed by atoms with Crippen molar-refractivity contribution < 1.29 is 4.74 Å². The summed E-state index contributed by atoms with van der Waals surface area (Å²) in [6.07, 6.45) is 3.83. The van der Waals surface area contributed by atoms with E-state index in [2.05, 4.69) is 220 Å². The summed E-state index contributed by atoms with van der Waals surface area (Å²) in [5, 5.41) is 5.05. The van der Waals surface area contributed by atoms with Crippen molar-refractivity contribution in [2.75, 3.05) is 4.90 Å². The van der Waals surface area contributed by atoms with Crippen LogP contribution >= 0.6 is 11.3 Å². The third-order valence-electron chi connectivity index (χ3n) is 14.5. The van der Waals surface area contributed by atoms with Gasteiger partial charge in [-0.25, -0.2) is 0 Å². The highest BCUT2D eigenvalue weighted by Crippen LogP contribution is 2.63. The van der Waals surface area contributed by atoms with Crippen molar-refractivity contribution in [1.29, 1.82) is 0 Å². The minimum Gasteiger partial charge on any atom is -0.457 e. The van der Waals surface area contributed by atoms with E-state index in [9.17, 15) is 0 Å². The first-order valence-corrected chi connectivity index (χ1v) is 23.2. The van der Waals surface area contributed by atoms with Crippen molar-refractivity contribution in [2.45, 2.75) is 24.7 Å². The molecule has 1 aliphatic heterocycles. The molecule has 0 amide bonds. The van der Waals surface area contributed by atoms with Crippen LogP contribution in [0.15, 0.2) is 225 Å². The molecule has 2 heterocycles. The summed E-state index contributed by atoms with van der Waals surface area (Å²) in [7, 11) is 0. The molecule has 0 saturated heterocycles. The summed E-state index contributed by atoms with van der Waals surface area (Å²) in [6, 6.07) is 69.6. The lowest BCUT2D eigenvalue weighted by molar-refractivity contribution is 0.403. The minimum absolute atomic E-state index is 0.165. The molecule has 2 aliphatic carbocycles. The molecule has 3 aliphatic rings. The highest BCUT2D eigenvalue weighted by molar-refractivity contribution is 7.26. The van der Waals surface area contributed by atoms with Crippen LogP contribution in [-0.4, -0.2) is 0 Å². The molecule has 1 aromatic heterocycles. The van der Waals surface area contributed by atoms with Gasteiger partial charge >= 0.3 is 0 Å². The van der Waals surface area contributed by atoms with Crippen molar-refractivity contribution in [2.24, 2.45) is 0 Å². The molecule has 13 rings (SSSR count). The number of para-hydroxylation sites is 1. The fraction of sp³-hybridized carbons (Fsp3) is 0.0645. The minimum atomic E-state index is -0.717. The second-order valence-corrected chi connectivity index (χ2v) is 19.1. The van der Waals surface area contributed by atoms with Gasteiger partial charge in [-0.3, -0.25) is 0 Å². The Morgan fingerprint density at radius 1 is 0.492 bits per heavy atom. The van der Waals surface area contributed by atoms with Crippen molar-refractivity contribution in [3.63, 3.8) is 0 Å². The van der Waals surface area contributed by atoms with Crippen molar-refractivity contribution in [3.8, 4) is 39.1 Å². The summed E-state index contributed by atoms with van der Waals surface area (Å²) >= 11 is 1.87. The predicted octanol–water partition coefficient (Wildman–Crippen LogP) is 17.0. The monoisotopic (exact) mass is 849 g/mol. The van der Waals surface area contributed by atoms with Crippen LogP contribution in [-0.2, 0) is 10.8 Å². The molecule has 1 unspecified atom stereocenters. The third kappa shape index (κ3) is 5.16. The first-order valence-electron chi connectivity index (χ1n) is 22.4. The van der Waals surface area contributed by atoms with Gasteiger partial charge in [0.1, 0.15) is 11.5 Å². The van der Waals surface area contributed by atoms with Crippen LogP contribution in [0.2, 0.25) is 0 Å². The fourth-order valence-corrected chi connectivity index (χ4v) is 12.9. The van der Waals surface area contributed by atoms with Gasteiger partial charge in [-0.15, -0.1) is 11.3 Å². The second-order valence-electron chi connectivity index (χ2n) is 18.0. The van der Waals surface area contributed by atoms with Crippen LogP contribution in [0, 0.1) is 0 Å². The standard InChI is InChI=1S/C62H43NOS/c1-5-50-56(6-2)64-57-24-13-12-23-52(57)62(50)53-35-28-38-16-7-8-17-43(38)59(53)49-34-32-42(37-55(49)62)63(41-31-33-46-45-18-9-11-22-51(45)61(3,4)54(46)36-41)40-29-26-39(27-30-40)44-20-15-21-48-47-19-10-14-25-58(47)65-60(44)48/h5-37H,1-2H2,3-4H3. The van der Waals surface area contributed by atoms with Crippen LogP contribution in [0.3, 0.4) is 0 Å². The Hall–Kier alpha value is -7.72. The second kappa shape index (κ2) is 13.9. The Bertz CT molecular complexity index is 3710. The fourth-order valence-electron chi connectivity index (χ4n) is 11.6. The van der Waals surface area contributed by atoms with Crippen LogP contribution in [0.4, 0.5) is 17.1 Å². The normalized spacial score (nSPS) is 16.2. The number of anilines is 3. The number of allylic oxidation sites excluding steroid dienone is 3. The number of ether oxygens (including phenoxy) is 1. The highest BCUT2D eigenvalue weighted by atomic mass is 32.1. The van der Waals surface area contributed by atoms with Gasteiger partial charge in [0.25, 0.3) is 0 Å². The number of rotatable bonds is 6. The van der Waals surface area contributed by atoms with Gasteiger partial charge < -0.3 is 9.64 Å². The largest absolute Gasteiger partial charge is 0.457 e. The number of nitrogens with zero attached hydrogens (tertiary/aromatic N) is 1. The highest BCUT2D eigenvalue weighted by Gasteiger charge is 2.52. The molecule has 308 valence electrons. The van der Waals surface area contributed by atoms with E-state index < -0.39 is 5.41 Å². The molecule has 0 saturated carbocycles. The third-order valence-corrected chi connectivity index (χ3v) is 15.7. The quantitative estimate of drug-likeness (QED) is 0.165. The van der Waals surface area contributed by atoms with Crippen LogP contribution in [0.5, 0.6) is 5.75 Å². The average molecular weight is 850 g/mol. The number of thiophene rings is 1. The van der Waals surface area contributed by atoms with Crippen molar-refractivity contribution in [3.05, 3.63) is 253 Å². The molecule has 0 radical (unpaired) electrons. The van der Waals surface area contributed by atoms with Gasteiger partial charge in [0, 0.05) is 53.8 Å². The van der Waals surface area contributed by atoms with E-state index in [0.29, 0.717) is 0 Å². The van der Waals surface area contributed by atoms with Gasteiger partial charge in [-0.1, -0.05) is 173 Å². The number of hydrogen-bond acceptors (Lipinski definition) is 3. The summed E-state index contributed by atoms with van der Waals surface area (Å²) in [5.74, 6) is 1.55. The molecule has 1 spiro atoms. The van der Waals surface area contributed by atoms with Crippen molar-refractivity contribution in [1.82, 2.24) is 0 Å². The summed E-state index contributed by atoms with van der Waals surface area (Å²) in [5.41, 5.74) is 17.1. The molecular formula is C62H43NOS. The van der Waals surface area contributed by atoms with Crippen LogP contribution in [0.1, 0.15) is 41.7 Å². The van der Waals surface area contributed by atoms with Gasteiger partial charge in [0.15, 0.2) is 0 Å². The Balaban J connectivity index is 1.06. The zero-order valence-electron chi connectivity index (χ0n) is 36.2. The van der Waals surface area contributed by atoms with Gasteiger partial charge in [0.05, 0.1) is 5.41 Å². The van der Waals surface area contributed by atoms with Gasteiger partial charge in [0.2, 0.25) is 0 Å².